The zero-order valence-electron chi connectivity index (χ0n) is 17.3. The maximum atomic E-state index is 12.8. The summed E-state index contributed by atoms with van der Waals surface area (Å²) in [5.74, 6) is 0.913. The van der Waals surface area contributed by atoms with Crippen molar-refractivity contribution in [3.8, 4) is 11.3 Å². The van der Waals surface area contributed by atoms with E-state index in [0.717, 1.165) is 35.7 Å². The summed E-state index contributed by atoms with van der Waals surface area (Å²) in [5, 5.41) is 8.75. The van der Waals surface area contributed by atoms with Crippen LogP contribution in [-0.4, -0.2) is 31.7 Å². The largest absolute Gasteiger partial charge is 0.355 e. The van der Waals surface area contributed by atoms with Crippen molar-refractivity contribution in [2.75, 3.05) is 22.7 Å². The number of sulfonamides is 1. The van der Waals surface area contributed by atoms with E-state index in [1.165, 1.54) is 19.3 Å². The molecule has 2 heterocycles. The first-order valence-corrected chi connectivity index (χ1v) is 11.7. The van der Waals surface area contributed by atoms with Crippen LogP contribution in [-0.2, 0) is 10.0 Å². The second kappa shape index (κ2) is 8.44. The van der Waals surface area contributed by atoms with Crippen molar-refractivity contribution in [1.29, 1.82) is 0 Å². The molecule has 0 amide bonds. The zero-order chi connectivity index (χ0) is 21.1. The Morgan fingerprint density at radius 3 is 2.27 bits per heavy atom. The number of nitrogens with zero attached hydrogens (tertiary/aromatic N) is 3. The molecule has 4 rings (SSSR count). The lowest BCUT2D eigenvalue weighted by Gasteiger charge is -2.27. The maximum Gasteiger partial charge on any atom is 0.262 e. The van der Waals surface area contributed by atoms with Crippen molar-refractivity contribution in [1.82, 2.24) is 10.2 Å². The molecule has 6 nitrogen and oxygen atoms in total. The molecular formula is C23H26N4O2S. The molecule has 1 aliphatic rings. The van der Waals surface area contributed by atoms with Gasteiger partial charge in [-0.1, -0.05) is 24.3 Å². The smallest absolute Gasteiger partial charge is 0.262 e. The van der Waals surface area contributed by atoms with E-state index in [1.807, 2.05) is 43.3 Å². The molecule has 0 bridgehead atoms. The van der Waals surface area contributed by atoms with Gasteiger partial charge in [0, 0.05) is 24.3 Å². The summed E-state index contributed by atoms with van der Waals surface area (Å²) < 4.78 is 28.2. The molecule has 156 valence electrons. The molecule has 0 saturated carbocycles. The predicted octanol–water partition coefficient (Wildman–Crippen LogP) is 4.55. The van der Waals surface area contributed by atoms with Crippen molar-refractivity contribution >= 4 is 21.5 Å². The number of aryl methyl sites for hydroxylation is 2. The average molecular weight is 423 g/mol. The Hall–Kier alpha value is -2.93. The number of nitrogens with one attached hydrogen (secondary N) is 1. The lowest BCUT2D eigenvalue weighted by Crippen LogP contribution is -2.30. The Bertz CT molecular complexity index is 1120. The van der Waals surface area contributed by atoms with Gasteiger partial charge in [-0.05, 0) is 74.6 Å². The summed E-state index contributed by atoms with van der Waals surface area (Å²) in [6, 6.07) is 16.6. The van der Waals surface area contributed by atoms with Gasteiger partial charge < -0.3 is 4.90 Å². The predicted molar refractivity (Wildman–Crippen MR) is 120 cm³/mol. The Morgan fingerprint density at radius 1 is 0.867 bits per heavy atom. The minimum atomic E-state index is -3.65. The monoisotopic (exact) mass is 422 g/mol. The molecular weight excluding hydrogens is 396 g/mol. The van der Waals surface area contributed by atoms with E-state index in [1.54, 1.807) is 25.1 Å². The number of piperidine rings is 1. The fourth-order valence-electron chi connectivity index (χ4n) is 3.69. The molecule has 1 N–H and O–H groups in total. The fourth-order valence-corrected chi connectivity index (χ4v) is 5.08. The van der Waals surface area contributed by atoms with Crippen LogP contribution in [0.2, 0.25) is 0 Å². The number of hydrogen-bond acceptors (Lipinski definition) is 5. The standard InChI is InChI=1S/C23H26N4O2S/c1-17-6-7-18(2)22(16-17)30(28,29)26-20-10-8-19(9-11-20)21-12-13-23(25-24-21)27-14-4-3-5-15-27/h6-13,16,26H,3-5,14-15H2,1-2H3. The molecule has 30 heavy (non-hydrogen) atoms. The van der Waals surface area contributed by atoms with Crippen LogP contribution in [0.4, 0.5) is 11.5 Å². The summed E-state index contributed by atoms with van der Waals surface area (Å²) in [7, 11) is -3.65. The Kier molecular flexibility index (Phi) is 5.72. The van der Waals surface area contributed by atoms with Crippen LogP contribution in [0.15, 0.2) is 59.5 Å². The highest BCUT2D eigenvalue weighted by Crippen LogP contribution is 2.24. The molecule has 1 aromatic heterocycles. The molecule has 1 aliphatic heterocycles. The van der Waals surface area contributed by atoms with E-state index in [4.69, 9.17) is 0 Å². The van der Waals surface area contributed by atoms with E-state index in [0.29, 0.717) is 16.1 Å². The highest BCUT2D eigenvalue weighted by Gasteiger charge is 2.17. The quantitative estimate of drug-likeness (QED) is 0.653. The molecule has 0 aliphatic carbocycles. The summed E-state index contributed by atoms with van der Waals surface area (Å²) in [5.41, 5.74) is 3.79. The van der Waals surface area contributed by atoms with Gasteiger partial charge in [-0.3, -0.25) is 4.72 Å². The first-order chi connectivity index (χ1) is 14.4. The summed E-state index contributed by atoms with van der Waals surface area (Å²) in [6.07, 6.45) is 3.67. The SMILES string of the molecule is Cc1ccc(C)c(S(=O)(=O)Nc2ccc(-c3ccc(N4CCCCC4)nn3)cc2)c1. The van der Waals surface area contributed by atoms with Gasteiger partial charge in [-0.15, -0.1) is 10.2 Å². The zero-order valence-corrected chi connectivity index (χ0v) is 18.1. The second-order valence-electron chi connectivity index (χ2n) is 7.78. The summed E-state index contributed by atoms with van der Waals surface area (Å²) >= 11 is 0. The second-order valence-corrected chi connectivity index (χ2v) is 9.43. The molecule has 3 aromatic rings. The van der Waals surface area contributed by atoms with Gasteiger partial charge in [0.25, 0.3) is 10.0 Å². The average Bonchev–Trinajstić information content (AvgIpc) is 2.76. The van der Waals surface area contributed by atoms with Gasteiger partial charge in [0.1, 0.15) is 0 Å². The Morgan fingerprint density at radius 2 is 1.60 bits per heavy atom. The maximum absolute atomic E-state index is 12.8. The van der Waals surface area contributed by atoms with Crippen molar-refractivity contribution in [2.24, 2.45) is 0 Å². The van der Waals surface area contributed by atoms with Crippen molar-refractivity contribution < 1.29 is 8.42 Å². The number of hydrogen-bond donors (Lipinski definition) is 1. The van der Waals surface area contributed by atoms with Gasteiger partial charge >= 0.3 is 0 Å². The van der Waals surface area contributed by atoms with Gasteiger partial charge in [-0.2, -0.15) is 0 Å². The summed E-state index contributed by atoms with van der Waals surface area (Å²) in [4.78, 5) is 2.57. The minimum Gasteiger partial charge on any atom is -0.355 e. The number of aromatic nitrogens is 2. The number of benzene rings is 2. The number of anilines is 2. The van der Waals surface area contributed by atoms with Crippen LogP contribution in [0.1, 0.15) is 30.4 Å². The molecule has 0 atom stereocenters. The molecule has 1 saturated heterocycles. The van der Waals surface area contributed by atoms with Crippen molar-refractivity contribution in [3.63, 3.8) is 0 Å². The van der Waals surface area contributed by atoms with Gasteiger partial charge in [-0.25, -0.2) is 8.42 Å². The van der Waals surface area contributed by atoms with Crippen LogP contribution in [0.5, 0.6) is 0 Å². The molecule has 2 aromatic carbocycles. The van der Waals surface area contributed by atoms with Gasteiger partial charge in [0.15, 0.2) is 5.82 Å². The van der Waals surface area contributed by atoms with E-state index in [9.17, 15) is 8.42 Å². The fraction of sp³-hybridized carbons (Fsp3) is 0.304. The van der Waals surface area contributed by atoms with E-state index in [2.05, 4.69) is 19.8 Å². The van der Waals surface area contributed by atoms with Crippen LogP contribution < -0.4 is 9.62 Å². The molecule has 1 fully saturated rings. The van der Waals surface area contributed by atoms with Gasteiger partial charge in [0.05, 0.1) is 10.6 Å². The topological polar surface area (TPSA) is 75.2 Å². The van der Waals surface area contributed by atoms with Crippen molar-refractivity contribution in [3.05, 3.63) is 65.7 Å². The van der Waals surface area contributed by atoms with Crippen LogP contribution in [0.3, 0.4) is 0 Å². The third kappa shape index (κ3) is 4.46. The molecule has 7 heteroatoms. The first-order valence-electron chi connectivity index (χ1n) is 10.2. The van der Waals surface area contributed by atoms with E-state index < -0.39 is 10.0 Å². The summed E-state index contributed by atoms with van der Waals surface area (Å²) in [6.45, 7) is 5.74. The highest BCUT2D eigenvalue weighted by atomic mass is 32.2. The van der Waals surface area contributed by atoms with E-state index in [-0.39, 0.29) is 0 Å². The Labute approximate surface area is 178 Å². The first kappa shape index (κ1) is 20.3. The third-order valence-electron chi connectivity index (χ3n) is 5.40. The lowest BCUT2D eigenvalue weighted by atomic mass is 10.1. The number of rotatable bonds is 5. The van der Waals surface area contributed by atoms with Crippen molar-refractivity contribution in [2.45, 2.75) is 38.0 Å². The third-order valence-corrected chi connectivity index (χ3v) is 6.92. The van der Waals surface area contributed by atoms with Crippen LogP contribution >= 0.6 is 0 Å². The minimum absolute atomic E-state index is 0.297. The molecule has 0 unspecified atom stereocenters. The highest BCUT2D eigenvalue weighted by molar-refractivity contribution is 7.92. The normalized spacial score (nSPS) is 14.5. The van der Waals surface area contributed by atoms with Crippen LogP contribution in [0, 0.1) is 13.8 Å². The molecule has 0 radical (unpaired) electrons. The lowest BCUT2D eigenvalue weighted by molar-refractivity contribution is 0.571. The molecule has 0 spiro atoms. The van der Waals surface area contributed by atoms with Gasteiger partial charge in [0.2, 0.25) is 0 Å². The van der Waals surface area contributed by atoms with E-state index >= 15 is 0 Å². The Balaban J connectivity index is 1.49. The van der Waals surface area contributed by atoms with Crippen LogP contribution in [0.25, 0.3) is 11.3 Å².